The average molecular weight is 329 g/mol. The van der Waals surface area contributed by atoms with Gasteiger partial charge in [-0.05, 0) is 38.3 Å². The maximum Gasteiger partial charge on any atom is 0.321 e. The Morgan fingerprint density at radius 3 is 2.29 bits per heavy atom. The molecule has 2 fully saturated rings. The third kappa shape index (κ3) is 4.29. The van der Waals surface area contributed by atoms with Crippen LogP contribution in [0.3, 0.4) is 0 Å². The first kappa shape index (κ1) is 17.3. The third-order valence-corrected chi connectivity index (χ3v) is 5.57. The Morgan fingerprint density at radius 1 is 1.00 bits per heavy atom. The lowest BCUT2D eigenvalue weighted by molar-refractivity contribution is 0.105. The third-order valence-electron chi connectivity index (χ3n) is 5.57. The molecule has 0 unspecified atom stereocenters. The quantitative estimate of drug-likeness (QED) is 0.826. The highest BCUT2D eigenvalue weighted by atomic mass is 16.2. The van der Waals surface area contributed by atoms with Gasteiger partial charge in [-0.3, -0.25) is 4.90 Å². The predicted molar refractivity (Wildman–Crippen MR) is 99.6 cm³/mol. The van der Waals surface area contributed by atoms with Crippen molar-refractivity contribution in [2.24, 2.45) is 0 Å². The van der Waals surface area contributed by atoms with Gasteiger partial charge in [0.05, 0.1) is 0 Å². The highest BCUT2D eigenvalue weighted by molar-refractivity contribution is 5.90. The molecule has 4 heteroatoms. The summed E-state index contributed by atoms with van der Waals surface area (Å²) in [5.41, 5.74) is 3.28. The minimum absolute atomic E-state index is 0.0440. The second kappa shape index (κ2) is 8.02. The van der Waals surface area contributed by atoms with Gasteiger partial charge in [-0.25, -0.2) is 4.79 Å². The minimum atomic E-state index is 0.0440. The zero-order chi connectivity index (χ0) is 16.9. The molecule has 1 N–H and O–H groups in total. The van der Waals surface area contributed by atoms with Crippen molar-refractivity contribution < 1.29 is 4.79 Å². The Bertz CT molecular complexity index is 556. The van der Waals surface area contributed by atoms with Crippen molar-refractivity contribution >= 4 is 11.7 Å². The molecule has 0 radical (unpaired) electrons. The van der Waals surface area contributed by atoms with E-state index in [9.17, 15) is 4.79 Å². The number of nitrogens with zero attached hydrogens (tertiary/aromatic N) is 2. The van der Waals surface area contributed by atoms with Gasteiger partial charge in [0.2, 0.25) is 0 Å². The number of carbonyl (C=O) groups excluding carboxylic acids is 1. The molecule has 1 saturated carbocycles. The summed E-state index contributed by atoms with van der Waals surface area (Å²) in [6.07, 6.45) is 8.23. The van der Waals surface area contributed by atoms with Crippen molar-refractivity contribution in [1.82, 2.24) is 9.80 Å². The minimum Gasteiger partial charge on any atom is -0.322 e. The zero-order valence-corrected chi connectivity index (χ0v) is 15.2. The van der Waals surface area contributed by atoms with Crippen LogP contribution in [0.2, 0.25) is 0 Å². The van der Waals surface area contributed by atoms with Crippen molar-refractivity contribution in [3.63, 3.8) is 0 Å². The number of carbonyl (C=O) groups is 1. The lowest BCUT2D eigenvalue weighted by Crippen LogP contribution is -2.52. The number of amides is 2. The molecule has 0 atom stereocenters. The number of hydrogen-bond acceptors (Lipinski definition) is 2. The monoisotopic (exact) mass is 329 g/mol. The van der Waals surface area contributed by atoms with Crippen LogP contribution in [-0.4, -0.2) is 48.1 Å². The molecule has 24 heavy (non-hydrogen) atoms. The van der Waals surface area contributed by atoms with Crippen LogP contribution in [0.15, 0.2) is 18.2 Å². The lowest BCUT2D eigenvalue weighted by atomic mass is 10.1. The Balaban J connectivity index is 1.51. The van der Waals surface area contributed by atoms with Gasteiger partial charge in [-0.2, -0.15) is 0 Å². The Labute approximate surface area is 146 Å². The van der Waals surface area contributed by atoms with E-state index >= 15 is 0 Å². The summed E-state index contributed by atoms with van der Waals surface area (Å²) in [6.45, 7) is 7.84. The fourth-order valence-electron chi connectivity index (χ4n) is 4.06. The Morgan fingerprint density at radius 2 is 1.67 bits per heavy atom. The van der Waals surface area contributed by atoms with E-state index in [0.29, 0.717) is 0 Å². The van der Waals surface area contributed by atoms with E-state index in [-0.39, 0.29) is 6.03 Å². The van der Waals surface area contributed by atoms with E-state index < -0.39 is 0 Å². The molecule has 1 aromatic carbocycles. The molecule has 1 aliphatic heterocycles. The molecule has 0 bridgehead atoms. The highest BCUT2D eigenvalue weighted by Gasteiger charge is 2.26. The smallest absolute Gasteiger partial charge is 0.321 e. The summed E-state index contributed by atoms with van der Waals surface area (Å²) in [6, 6.07) is 6.95. The van der Waals surface area contributed by atoms with Crippen molar-refractivity contribution in [2.45, 2.75) is 58.4 Å². The predicted octanol–water partition coefficient (Wildman–Crippen LogP) is 4.18. The van der Waals surface area contributed by atoms with Crippen LogP contribution in [0, 0.1) is 13.8 Å². The number of piperazine rings is 1. The standard InChI is InChI=1S/C20H31N3O/c1-16-9-10-19(17(2)15-16)21-20(24)23-13-11-22(12-14-23)18-7-5-3-4-6-8-18/h9-10,15,18H,3-8,11-14H2,1-2H3,(H,21,24). The van der Waals surface area contributed by atoms with Crippen LogP contribution in [-0.2, 0) is 0 Å². The summed E-state index contributed by atoms with van der Waals surface area (Å²) >= 11 is 0. The first-order valence-electron chi connectivity index (χ1n) is 9.51. The lowest BCUT2D eigenvalue weighted by Gasteiger charge is -2.39. The molecule has 1 aliphatic carbocycles. The van der Waals surface area contributed by atoms with Crippen LogP contribution in [0.5, 0.6) is 0 Å². The second-order valence-corrected chi connectivity index (χ2v) is 7.42. The Kier molecular flexibility index (Phi) is 5.77. The molecule has 3 rings (SSSR count). The van der Waals surface area contributed by atoms with Gasteiger partial charge in [-0.1, -0.05) is 43.4 Å². The first-order valence-corrected chi connectivity index (χ1v) is 9.51. The average Bonchev–Trinajstić information content (AvgIpc) is 2.87. The molecule has 1 saturated heterocycles. The van der Waals surface area contributed by atoms with Crippen LogP contribution in [0.4, 0.5) is 10.5 Å². The van der Waals surface area contributed by atoms with Gasteiger partial charge >= 0.3 is 6.03 Å². The summed E-state index contributed by atoms with van der Waals surface area (Å²) in [5.74, 6) is 0. The van der Waals surface area contributed by atoms with Gasteiger partial charge in [0, 0.05) is 37.9 Å². The van der Waals surface area contributed by atoms with E-state index in [1.54, 1.807) is 0 Å². The molecular formula is C20H31N3O. The molecule has 1 aromatic rings. The van der Waals surface area contributed by atoms with Crippen LogP contribution < -0.4 is 5.32 Å². The molecule has 2 amide bonds. The van der Waals surface area contributed by atoms with E-state index in [4.69, 9.17) is 0 Å². The first-order chi connectivity index (χ1) is 11.6. The Hall–Kier alpha value is -1.55. The maximum atomic E-state index is 12.5. The molecular weight excluding hydrogens is 298 g/mol. The van der Waals surface area contributed by atoms with Crippen molar-refractivity contribution in [3.8, 4) is 0 Å². The van der Waals surface area contributed by atoms with Gasteiger partial charge in [0.25, 0.3) is 0 Å². The highest BCUT2D eigenvalue weighted by Crippen LogP contribution is 2.23. The molecule has 132 valence electrons. The summed E-state index contributed by atoms with van der Waals surface area (Å²) < 4.78 is 0. The second-order valence-electron chi connectivity index (χ2n) is 7.42. The van der Waals surface area contributed by atoms with E-state index in [1.807, 2.05) is 24.0 Å². The topological polar surface area (TPSA) is 35.6 Å². The van der Waals surface area contributed by atoms with Crippen LogP contribution in [0.25, 0.3) is 0 Å². The SMILES string of the molecule is Cc1ccc(NC(=O)N2CCN(C3CCCCCC3)CC2)c(C)c1. The van der Waals surface area contributed by atoms with Crippen molar-refractivity contribution in [2.75, 3.05) is 31.5 Å². The number of hydrogen-bond donors (Lipinski definition) is 1. The largest absolute Gasteiger partial charge is 0.322 e. The number of nitrogens with one attached hydrogen (secondary N) is 1. The summed E-state index contributed by atoms with van der Waals surface area (Å²) in [5, 5.41) is 3.08. The van der Waals surface area contributed by atoms with Crippen LogP contribution >= 0.6 is 0 Å². The number of rotatable bonds is 2. The van der Waals surface area contributed by atoms with E-state index in [2.05, 4.69) is 23.2 Å². The zero-order valence-electron chi connectivity index (χ0n) is 15.2. The van der Waals surface area contributed by atoms with Gasteiger partial charge in [0.15, 0.2) is 0 Å². The fourth-order valence-corrected chi connectivity index (χ4v) is 4.06. The number of urea groups is 1. The molecule has 2 aliphatic rings. The molecule has 0 spiro atoms. The van der Waals surface area contributed by atoms with Crippen molar-refractivity contribution in [1.29, 1.82) is 0 Å². The fraction of sp³-hybridized carbons (Fsp3) is 0.650. The number of anilines is 1. The van der Waals surface area contributed by atoms with Gasteiger partial charge in [0.1, 0.15) is 0 Å². The normalized spacial score (nSPS) is 20.7. The summed E-state index contributed by atoms with van der Waals surface area (Å²) in [7, 11) is 0. The van der Waals surface area contributed by atoms with Crippen LogP contribution in [0.1, 0.15) is 49.7 Å². The summed E-state index contributed by atoms with van der Waals surface area (Å²) in [4.78, 5) is 17.1. The number of benzene rings is 1. The van der Waals surface area contributed by atoms with E-state index in [0.717, 1.165) is 43.5 Å². The van der Waals surface area contributed by atoms with Gasteiger partial charge < -0.3 is 10.2 Å². The number of aryl methyl sites for hydroxylation is 2. The van der Waals surface area contributed by atoms with E-state index in [1.165, 1.54) is 44.1 Å². The maximum absolute atomic E-state index is 12.5. The van der Waals surface area contributed by atoms with Gasteiger partial charge in [-0.15, -0.1) is 0 Å². The molecule has 0 aromatic heterocycles. The van der Waals surface area contributed by atoms with Crippen molar-refractivity contribution in [3.05, 3.63) is 29.3 Å². The molecule has 1 heterocycles. The molecule has 4 nitrogen and oxygen atoms in total.